The van der Waals surface area contributed by atoms with Gasteiger partial charge in [-0.25, -0.2) is 4.98 Å². The summed E-state index contributed by atoms with van der Waals surface area (Å²) in [5.74, 6) is 1.27. The molecular weight excluding hydrogens is 282 g/mol. The monoisotopic (exact) mass is 305 g/mol. The van der Waals surface area contributed by atoms with Crippen molar-refractivity contribution >= 4 is 5.91 Å². The van der Waals surface area contributed by atoms with Gasteiger partial charge in [0.05, 0.1) is 13.2 Å². The summed E-state index contributed by atoms with van der Waals surface area (Å²) < 4.78 is 5.70. The molecule has 2 fully saturated rings. The molecule has 1 saturated carbocycles. The largest absolute Gasteiger partial charge is 0.367 e. The van der Waals surface area contributed by atoms with Gasteiger partial charge in [-0.15, -0.1) is 0 Å². The summed E-state index contributed by atoms with van der Waals surface area (Å²) in [6.45, 7) is 3.36. The molecule has 22 heavy (non-hydrogen) atoms. The summed E-state index contributed by atoms with van der Waals surface area (Å²) in [6.07, 6.45) is 5.15. The van der Waals surface area contributed by atoms with Gasteiger partial charge < -0.3 is 14.6 Å². The van der Waals surface area contributed by atoms with Crippen LogP contribution in [-0.4, -0.2) is 40.5 Å². The van der Waals surface area contributed by atoms with E-state index in [0.29, 0.717) is 43.6 Å². The number of amides is 1. The molecule has 0 radical (unpaired) electrons. The highest BCUT2D eigenvalue weighted by molar-refractivity contribution is 5.76. The molecular formula is C16H23N3O3. The van der Waals surface area contributed by atoms with Crippen molar-refractivity contribution < 1.29 is 9.53 Å². The van der Waals surface area contributed by atoms with Gasteiger partial charge in [-0.05, 0) is 25.7 Å². The van der Waals surface area contributed by atoms with Gasteiger partial charge in [0.1, 0.15) is 11.9 Å². The van der Waals surface area contributed by atoms with Crippen LogP contribution in [0.5, 0.6) is 0 Å². The SMILES string of the molecule is Cc1cc(=O)[nH]c([C@@H]2CN(C(=O)CC3CCCC3)CCO2)n1. The van der Waals surface area contributed by atoms with Crippen LogP contribution >= 0.6 is 0 Å². The van der Waals surface area contributed by atoms with E-state index < -0.39 is 0 Å². The van der Waals surface area contributed by atoms with Crippen LogP contribution in [-0.2, 0) is 9.53 Å². The van der Waals surface area contributed by atoms with E-state index in [9.17, 15) is 9.59 Å². The zero-order chi connectivity index (χ0) is 15.5. The Balaban J connectivity index is 1.65. The van der Waals surface area contributed by atoms with E-state index in [-0.39, 0.29) is 17.6 Å². The van der Waals surface area contributed by atoms with Crippen molar-refractivity contribution in [2.45, 2.75) is 45.1 Å². The third-order valence-electron chi connectivity index (χ3n) is 4.55. The molecule has 1 aliphatic heterocycles. The van der Waals surface area contributed by atoms with Crippen molar-refractivity contribution in [1.29, 1.82) is 0 Å². The highest BCUT2D eigenvalue weighted by Gasteiger charge is 2.29. The van der Waals surface area contributed by atoms with Crippen molar-refractivity contribution in [3.8, 4) is 0 Å². The summed E-state index contributed by atoms with van der Waals surface area (Å²) in [7, 11) is 0. The number of nitrogens with one attached hydrogen (secondary N) is 1. The van der Waals surface area contributed by atoms with E-state index in [1.165, 1.54) is 31.7 Å². The molecule has 1 N–H and O–H groups in total. The average Bonchev–Trinajstić information content (AvgIpc) is 2.99. The Morgan fingerprint density at radius 3 is 2.95 bits per heavy atom. The molecule has 1 aromatic heterocycles. The Morgan fingerprint density at radius 2 is 2.23 bits per heavy atom. The molecule has 2 aliphatic rings. The second kappa shape index (κ2) is 6.60. The number of carbonyl (C=O) groups is 1. The smallest absolute Gasteiger partial charge is 0.251 e. The summed E-state index contributed by atoms with van der Waals surface area (Å²) in [5, 5.41) is 0. The lowest BCUT2D eigenvalue weighted by Crippen LogP contribution is -2.43. The van der Waals surface area contributed by atoms with Crippen molar-refractivity contribution in [3.63, 3.8) is 0 Å². The van der Waals surface area contributed by atoms with Gasteiger partial charge in [-0.3, -0.25) is 9.59 Å². The predicted octanol–water partition coefficient (Wildman–Crippen LogP) is 1.56. The van der Waals surface area contributed by atoms with Crippen molar-refractivity contribution in [1.82, 2.24) is 14.9 Å². The molecule has 1 atom stereocenters. The minimum Gasteiger partial charge on any atom is -0.367 e. The van der Waals surface area contributed by atoms with Crippen molar-refractivity contribution in [2.75, 3.05) is 19.7 Å². The fraction of sp³-hybridized carbons (Fsp3) is 0.688. The van der Waals surface area contributed by atoms with E-state index >= 15 is 0 Å². The van der Waals surface area contributed by atoms with Crippen molar-refractivity contribution in [3.05, 3.63) is 27.9 Å². The Kier molecular flexibility index (Phi) is 4.57. The van der Waals surface area contributed by atoms with Crippen molar-refractivity contribution in [2.24, 2.45) is 5.92 Å². The van der Waals surface area contributed by atoms with Gasteiger partial charge in [0, 0.05) is 24.7 Å². The van der Waals surface area contributed by atoms with Crippen LogP contribution in [0, 0.1) is 12.8 Å². The molecule has 1 aliphatic carbocycles. The Labute approximate surface area is 129 Å². The summed E-state index contributed by atoms with van der Waals surface area (Å²) >= 11 is 0. The first-order chi connectivity index (χ1) is 10.6. The molecule has 0 aromatic carbocycles. The number of rotatable bonds is 3. The van der Waals surface area contributed by atoms with Crippen LogP contribution in [0.4, 0.5) is 0 Å². The minimum absolute atomic E-state index is 0.180. The van der Waals surface area contributed by atoms with Crippen LogP contribution in [0.3, 0.4) is 0 Å². The van der Waals surface area contributed by atoms with Crippen LogP contribution in [0.15, 0.2) is 10.9 Å². The maximum atomic E-state index is 12.4. The van der Waals surface area contributed by atoms with E-state index in [2.05, 4.69) is 9.97 Å². The number of H-pyrrole nitrogens is 1. The normalized spacial score (nSPS) is 23.0. The molecule has 1 saturated heterocycles. The number of aryl methyl sites for hydroxylation is 1. The van der Waals surface area contributed by atoms with E-state index in [1.807, 2.05) is 4.90 Å². The van der Waals surface area contributed by atoms with E-state index in [0.717, 1.165) is 0 Å². The number of aromatic amines is 1. The van der Waals surface area contributed by atoms with Crippen LogP contribution in [0.25, 0.3) is 0 Å². The average molecular weight is 305 g/mol. The highest BCUT2D eigenvalue weighted by atomic mass is 16.5. The Morgan fingerprint density at radius 1 is 1.45 bits per heavy atom. The summed E-state index contributed by atoms with van der Waals surface area (Å²) in [6, 6.07) is 1.45. The van der Waals surface area contributed by atoms with E-state index in [1.54, 1.807) is 6.92 Å². The number of hydrogen-bond acceptors (Lipinski definition) is 4. The zero-order valence-corrected chi connectivity index (χ0v) is 13.0. The zero-order valence-electron chi connectivity index (χ0n) is 13.0. The van der Waals surface area contributed by atoms with Crippen LogP contribution in [0.2, 0.25) is 0 Å². The summed E-state index contributed by atoms with van der Waals surface area (Å²) in [5.41, 5.74) is 0.484. The molecule has 3 rings (SSSR count). The number of morpholine rings is 1. The fourth-order valence-electron chi connectivity index (χ4n) is 3.39. The third kappa shape index (κ3) is 3.55. The van der Waals surface area contributed by atoms with Gasteiger partial charge in [0.25, 0.3) is 5.56 Å². The van der Waals surface area contributed by atoms with Gasteiger partial charge in [-0.2, -0.15) is 0 Å². The first-order valence-corrected chi connectivity index (χ1v) is 8.09. The molecule has 1 amide bonds. The Hall–Kier alpha value is -1.69. The maximum absolute atomic E-state index is 12.4. The standard InChI is InChI=1S/C16H23N3O3/c1-11-8-14(20)18-16(17-11)13-10-19(6-7-22-13)15(21)9-12-4-2-3-5-12/h8,12-13H,2-7,9-10H2,1H3,(H,17,18,20)/t13-/m0/s1. The Bertz CT molecular complexity index is 593. The number of nitrogens with zero attached hydrogens (tertiary/aromatic N) is 2. The lowest BCUT2D eigenvalue weighted by atomic mass is 10.0. The van der Waals surface area contributed by atoms with Gasteiger partial charge in [0.2, 0.25) is 5.91 Å². The topological polar surface area (TPSA) is 75.3 Å². The molecule has 2 heterocycles. The van der Waals surface area contributed by atoms with E-state index in [4.69, 9.17) is 4.74 Å². The number of aromatic nitrogens is 2. The quantitative estimate of drug-likeness (QED) is 0.919. The molecule has 6 nitrogen and oxygen atoms in total. The number of carbonyl (C=O) groups excluding carboxylic acids is 1. The molecule has 0 spiro atoms. The van der Waals surface area contributed by atoms with Gasteiger partial charge >= 0.3 is 0 Å². The van der Waals surface area contributed by atoms with Gasteiger partial charge in [0.15, 0.2) is 0 Å². The first-order valence-electron chi connectivity index (χ1n) is 8.09. The minimum atomic E-state index is -0.339. The second-order valence-corrected chi connectivity index (χ2v) is 6.33. The molecule has 120 valence electrons. The lowest BCUT2D eigenvalue weighted by molar-refractivity contribution is -0.140. The lowest BCUT2D eigenvalue weighted by Gasteiger charge is -2.33. The second-order valence-electron chi connectivity index (χ2n) is 6.33. The first kappa shape index (κ1) is 15.2. The fourth-order valence-corrected chi connectivity index (χ4v) is 3.39. The summed E-state index contributed by atoms with van der Waals surface area (Å²) in [4.78, 5) is 32.9. The van der Waals surface area contributed by atoms with Crippen LogP contribution < -0.4 is 5.56 Å². The maximum Gasteiger partial charge on any atom is 0.251 e. The van der Waals surface area contributed by atoms with Crippen LogP contribution in [0.1, 0.15) is 49.7 Å². The predicted molar refractivity (Wildman–Crippen MR) is 81.4 cm³/mol. The highest BCUT2D eigenvalue weighted by Crippen LogP contribution is 2.29. The molecule has 1 aromatic rings. The number of hydrogen-bond donors (Lipinski definition) is 1. The third-order valence-corrected chi connectivity index (χ3v) is 4.55. The molecule has 6 heteroatoms. The molecule has 0 bridgehead atoms. The van der Waals surface area contributed by atoms with Gasteiger partial charge in [-0.1, -0.05) is 12.8 Å². The molecule has 0 unspecified atom stereocenters. The number of ether oxygens (including phenoxy) is 1.